The van der Waals surface area contributed by atoms with Gasteiger partial charge >= 0.3 is 0 Å². The van der Waals surface area contributed by atoms with Gasteiger partial charge in [0.25, 0.3) is 0 Å². The number of carbonyl (C=O) groups excluding carboxylic acids is 1. The van der Waals surface area contributed by atoms with Gasteiger partial charge in [-0.3, -0.25) is 4.79 Å². The summed E-state index contributed by atoms with van der Waals surface area (Å²) in [6.45, 7) is 1.62. The van der Waals surface area contributed by atoms with E-state index in [2.05, 4.69) is 38.6 Å². The van der Waals surface area contributed by atoms with E-state index in [0.29, 0.717) is 6.54 Å². The average Bonchev–Trinajstić information content (AvgIpc) is 3.20. The molecule has 0 radical (unpaired) electrons. The van der Waals surface area contributed by atoms with Gasteiger partial charge in [-0.25, -0.2) is 4.99 Å². The largest absolute Gasteiger partial charge is 0.351 e. The Kier molecular flexibility index (Phi) is 6.61. The number of amides is 1. The summed E-state index contributed by atoms with van der Waals surface area (Å²) >= 11 is 3.38. The number of nitrogens with zero attached hydrogens (tertiary/aromatic N) is 3. The minimum absolute atomic E-state index is 0.00985. The molecule has 2 rings (SSSR count). The van der Waals surface area contributed by atoms with Gasteiger partial charge in [-0.1, -0.05) is 6.07 Å². The van der Waals surface area contributed by atoms with Crippen LogP contribution in [0.3, 0.4) is 0 Å². The Morgan fingerprint density at radius 1 is 1.26 bits per heavy atom. The third-order valence-electron chi connectivity index (χ3n) is 3.23. The van der Waals surface area contributed by atoms with Gasteiger partial charge in [0.2, 0.25) is 5.91 Å². The minimum atomic E-state index is -0.00985. The zero-order valence-corrected chi connectivity index (χ0v) is 15.3. The monoisotopic (exact) mass is 350 g/mol. The highest BCUT2D eigenvalue weighted by Crippen LogP contribution is 2.10. The first-order chi connectivity index (χ1) is 11.1. The van der Waals surface area contributed by atoms with E-state index in [4.69, 9.17) is 0 Å². The zero-order chi connectivity index (χ0) is 16.7. The van der Waals surface area contributed by atoms with Crippen LogP contribution in [0.5, 0.6) is 0 Å². The molecule has 0 aromatic carbocycles. The fourth-order valence-electron chi connectivity index (χ4n) is 1.91. The molecular formula is C16H22N4OS2. The molecule has 2 aromatic rings. The quantitative estimate of drug-likeness (QED) is 0.643. The summed E-state index contributed by atoms with van der Waals surface area (Å²) in [6, 6.07) is 6.21. The lowest BCUT2D eigenvalue weighted by atomic mass is 10.3. The van der Waals surface area contributed by atoms with Gasteiger partial charge in [0.15, 0.2) is 5.96 Å². The lowest BCUT2D eigenvalue weighted by Crippen LogP contribution is -2.39. The first kappa shape index (κ1) is 17.5. The highest BCUT2D eigenvalue weighted by molar-refractivity contribution is 7.09. The van der Waals surface area contributed by atoms with Crippen molar-refractivity contribution in [2.45, 2.75) is 13.1 Å². The van der Waals surface area contributed by atoms with E-state index in [1.165, 1.54) is 10.4 Å². The number of hydrogen-bond acceptors (Lipinski definition) is 4. The van der Waals surface area contributed by atoms with Gasteiger partial charge in [-0.05, 0) is 33.8 Å². The molecule has 0 aliphatic rings. The SMILES string of the molecule is CN(C)C(=O)CN=C(NCc1cccs1)N(C)Cc1ccsc1. The van der Waals surface area contributed by atoms with Gasteiger partial charge in [-0.2, -0.15) is 11.3 Å². The normalized spacial score (nSPS) is 11.3. The Morgan fingerprint density at radius 3 is 2.70 bits per heavy atom. The van der Waals surface area contributed by atoms with Crippen molar-refractivity contribution in [3.8, 4) is 0 Å². The van der Waals surface area contributed by atoms with Crippen LogP contribution in [0.15, 0.2) is 39.3 Å². The summed E-state index contributed by atoms with van der Waals surface area (Å²) in [7, 11) is 5.47. The van der Waals surface area contributed by atoms with Crippen molar-refractivity contribution in [2.24, 2.45) is 4.99 Å². The van der Waals surface area contributed by atoms with E-state index in [9.17, 15) is 4.79 Å². The van der Waals surface area contributed by atoms with Crippen LogP contribution in [0.2, 0.25) is 0 Å². The lowest BCUT2D eigenvalue weighted by Gasteiger charge is -2.22. The van der Waals surface area contributed by atoms with Crippen molar-refractivity contribution >= 4 is 34.5 Å². The first-order valence-corrected chi connectivity index (χ1v) is 9.11. The summed E-state index contributed by atoms with van der Waals surface area (Å²) in [5.74, 6) is 0.726. The first-order valence-electron chi connectivity index (χ1n) is 7.29. The summed E-state index contributed by atoms with van der Waals surface area (Å²) in [5.41, 5.74) is 1.24. The van der Waals surface area contributed by atoms with Gasteiger partial charge in [0.1, 0.15) is 6.54 Å². The molecule has 0 aliphatic heterocycles. The maximum Gasteiger partial charge on any atom is 0.243 e. The third kappa shape index (κ3) is 5.69. The molecule has 2 aromatic heterocycles. The molecule has 0 saturated carbocycles. The molecule has 0 fully saturated rings. The summed E-state index contributed by atoms with van der Waals surface area (Å²) < 4.78 is 0. The lowest BCUT2D eigenvalue weighted by molar-refractivity contribution is -0.127. The molecule has 5 nitrogen and oxygen atoms in total. The highest BCUT2D eigenvalue weighted by atomic mass is 32.1. The van der Waals surface area contributed by atoms with Crippen molar-refractivity contribution in [1.29, 1.82) is 0 Å². The summed E-state index contributed by atoms with van der Waals surface area (Å²) in [6.07, 6.45) is 0. The Labute approximate surface area is 145 Å². The second-order valence-electron chi connectivity index (χ2n) is 5.35. The predicted molar refractivity (Wildman–Crippen MR) is 97.9 cm³/mol. The maximum absolute atomic E-state index is 11.8. The molecule has 0 atom stereocenters. The van der Waals surface area contributed by atoms with Crippen LogP contribution in [-0.4, -0.2) is 49.4 Å². The topological polar surface area (TPSA) is 47.9 Å². The predicted octanol–water partition coefficient (Wildman–Crippen LogP) is 2.48. The molecule has 0 aliphatic carbocycles. The number of hydrogen-bond donors (Lipinski definition) is 1. The number of aliphatic imine (C=N–C) groups is 1. The standard InChI is InChI=1S/C16H22N4OS2/c1-19(2)15(21)10-18-16(17-9-14-5-4-7-23-14)20(3)11-13-6-8-22-12-13/h4-8,12H,9-11H2,1-3H3,(H,17,18). The summed E-state index contributed by atoms with van der Waals surface area (Å²) in [4.78, 5) is 21.1. The van der Waals surface area contributed by atoms with Crippen LogP contribution in [-0.2, 0) is 17.9 Å². The Balaban J connectivity index is 2.02. The fraction of sp³-hybridized carbons (Fsp3) is 0.375. The molecule has 1 amide bonds. The number of nitrogens with one attached hydrogen (secondary N) is 1. The highest BCUT2D eigenvalue weighted by Gasteiger charge is 2.10. The van der Waals surface area contributed by atoms with E-state index in [-0.39, 0.29) is 12.5 Å². The van der Waals surface area contributed by atoms with Gasteiger partial charge in [0, 0.05) is 32.6 Å². The molecule has 7 heteroatoms. The third-order valence-corrected chi connectivity index (χ3v) is 4.83. The molecule has 124 valence electrons. The molecule has 0 spiro atoms. The van der Waals surface area contributed by atoms with E-state index < -0.39 is 0 Å². The molecule has 0 saturated heterocycles. The Bertz CT molecular complexity index is 621. The Hall–Kier alpha value is -1.86. The van der Waals surface area contributed by atoms with Gasteiger partial charge < -0.3 is 15.1 Å². The van der Waals surface area contributed by atoms with Crippen LogP contribution in [0.4, 0.5) is 0 Å². The van der Waals surface area contributed by atoms with E-state index in [0.717, 1.165) is 12.5 Å². The minimum Gasteiger partial charge on any atom is -0.351 e. The number of guanidine groups is 1. The number of likely N-dealkylation sites (N-methyl/N-ethyl adjacent to an activating group) is 1. The van der Waals surface area contributed by atoms with Crippen molar-refractivity contribution in [3.05, 3.63) is 44.8 Å². The Morgan fingerprint density at radius 2 is 2.09 bits per heavy atom. The van der Waals surface area contributed by atoms with Gasteiger partial charge in [-0.15, -0.1) is 11.3 Å². The van der Waals surface area contributed by atoms with Crippen LogP contribution in [0.25, 0.3) is 0 Å². The van der Waals surface area contributed by atoms with Gasteiger partial charge in [0.05, 0.1) is 6.54 Å². The molecular weight excluding hydrogens is 328 g/mol. The molecule has 23 heavy (non-hydrogen) atoms. The van der Waals surface area contributed by atoms with Crippen LogP contribution in [0, 0.1) is 0 Å². The maximum atomic E-state index is 11.8. The van der Waals surface area contributed by atoms with E-state index in [1.54, 1.807) is 41.7 Å². The summed E-state index contributed by atoms with van der Waals surface area (Å²) in [5, 5.41) is 9.59. The van der Waals surface area contributed by atoms with Crippen molar-refractivity contribution in [2.75, 3.05) is 27.7 Å². The van der Waals surface area contributed by atoms with Crippen molar-refractivity contribution in [3.63, 3.8) is 0 Å². The van der Waals surface area contributed by atoms with E-state index >= 15 is 0 Å². The zero-order valence-electron chi connectivity index (χ0n) is 13.7. The second-order valence-corrected chi connectivity index (χ2v) is 7.16. The number of thiophene rings is 2. The molecule has 1 N–H and O–H groups in total. The average molecular weight is 351 g/mol. The van der Waals surface area contributed by atoms with Crippen LogP contribution < -0.4 is 5.32 Å². The molecule has 2 heterocycles. The molecule has 0 bridgehead atoms. The van der Waals surface area contributed by atoms with Crippen molar-refractivity contribution < 1.29 is 4.79 Å². The van der Waals surface area contributed by atoms with Crippen LogP contribution in [0.1, 0.15) is 10.4 Å². The van der Waals surface area contributed by atoms with E-state index in [1.807, 2.05) is 18.0 Å². The fourth-order valence-corrected chi connectivity index (χ4v) is 3.21. The van der Waals surface area contributed by atoms with Crippen molar-refractivity contribution in [1.82, 2.24) is 15.1 Å². The number of carbonyl (C=O) groups is 1. The molecule has 0 unspecified atom stereocenters. The second kappa shape index (κ2) is 8.69. The van der Waals surface area contributed by atoms with Crippen LogP contribution >= 0.6 is 22.7 Å². The smallest absolute Gasteiger partial charge is 0.243 e. The number of rotatable bonds is 6.